The van der Waals surface area contributed by atoms with E-state index < -0.39 is 21.7 Å². The van der Waals surface area contributed by atoms with Crippen molar-refractivity contribution >= 4 is 27.4 Å². The first-order chi connectivity index (χ1) is 8.85. The Morgan fingerprint density at radius 3 is 2.53 bits per heavy atom. The van der Waals surface area contributed by atoms with Crippen LogP contribution in [0.3, 0.4) is 0 Å². The molecule has 106 valence electrons. The highest BCUT2D eigenvalue weighted by Crippen LogP contribution is 2.21. The van der Waals surface area contributed by atoms with Crippen molar-refractivity contribution in [3.05, 3.63) is 34.9 Å². The predicted molar refractivity (Wildman–Crippen MR) is 75.2 cm³/mol. The minimum atomic E-state index is -3.15. The van der Waals surface area contributed by atoms with Gasteiger partial charge < -0.3 is 5.11 Å². The van der Waals surface area contributed by atoms with E-state index in [-0.39, 0.29) is 24.3 Å². The molecule has 1 rings (SSSR count). The molecule has 19 heavy (non-hydrogen) atoms. The molecular weight excluding hydrogens is 288 g/mol. The number of hydrogen-bond donors (Lipinski definition) is 1. The van der Waals surface area contributed by atoms with Crippen LogP contribution in [0.5, 0.6) is 0 Å². The minimum Gasteiger partial charge on any atom is -0.481 e. The number of aliphatic carboxylic acids is 1. The Morgan fingerprint density at radius 1 is 1.37 bits per heavy atom. The molecule has 1 aromatic rings. The summed E-state index contributed by atoms with van der Waals surface area (Å²) in [5.74, 6) is -1.80. The lowest BCUT2D eigenvalue weighted by Gasteiger charge is -2.13. The van der Waals surface area contributed by atoms with Crippen molar-refractivity contribution in [1.82, 2.24) is 0 Å². The highest BCUT2D eigenvalue weighted by Gasteiger charge is 2.21. The molecular formula is C13H17ClO4S. The average Bonchev–Trinajstić information content (AvgIpc) is 2.36. The predicted octanol–water partition coefficient (Wildman–Crippen LogP) is 2.41. The van der Waals surface area contributed by atoms with Crippen molar-refractivity contribution in [1.29, 1.82) is 0 Å². The normalized spacial score (nSPS) is 13.2. The maximum atomic E-state index is 11.4. The Morgan fingerprint density at radius 2 is 2.00 bits per heavy atom. The zero-order chi connectivity index (χ0) is 14.5. The molecule has 0 saturated heterocycles. The van der Waals surface area contributed by atoms with Crippen LogP contribution in [-0.2, 0) is 21.1 Å². The van der Waals surface area contributed by atoms with Gasteiger partial charge in [0.05, 0.1) is 11.7 Å². The van der Waals surface area contributed by atoms with Crippen molar-refractivity contribution < 1.29 is 18.3 Å². The van der Waals surface area contributed by atoms with Gasteiger partial charge in [-0.1, -0.05) is 36.7 Å². The quantitative estimate of drug-likeness (QED) is 0.839. The van der Waals surface area contributed by atoms with E-state index in [1.807, 2.05) is 0 Å². The molecule has 0 aliphatic rings. The van der Waals surface area contributed by atoms with Gasteiger partial charge in [-0.25, -0.2) is 8.42 Å². The molecule has 0 bridgehead atoms. The number of rotatable bonds is 7. The van der Waals surface area contributed by atoms with E-state index in [0.29, 0.717) is 5.02 Å². The van der Waals surface area contributed by atoms with E-state index in [0.717, 1.165) is 5.56 Å². The lowest BCUT2D eigenvalue weighted by atomic mass is 9.97. The fourth-order valence-electron chi connectivity index (χ4n) is 1.71. The van der Waals surface area contributed by atoms with Crippen molar-refractivity contribution in [2.24, 2.45) is 5.92 Å². The molecule has 1 aromatic carbocycles. The third kappa shape index (κ3) is 5.20. The van der Waals surface area contributed by atoms with Crippen LogP contribution in [0.2, 0.25) is 5.02 Å². The topological polar surface area (TPSA) is 71.4 Å². The molecule has 0 spiro atoms. The van der Waals surface area contributed by atoms with Crippen molar-refractivity contribution in [2.45, 2.75) is 19.8 Å². The van der Waals surface area contributed by atoms with Crippen LogP contribution in [0.15, 0.2) is 24.3 Å². The van der Waals surface area contributed by atoms with Gasteiger partial charge in [-0.2, -0.15) is 0 Å². The third-order valence-corrected chi connectivity index (χ3v) is 5.10. The van der Waals surface area contributed by atoms with Crippen LogP contribution in [0.1, 0.15) is 18.9 Å². The second kappa shape index (κ2) is 6.91. The first kappa shape index (κ1) is 16.0. The number of sulfone groups is 1. The first-order valence-corrected chi connectivity index (χ1v) is 8.22. The zero-order valence-electron chi connectivity index (χ0n) is 10.7. The van der Waals surface area contributed by atoms with Gasteiger partial charge in [0.2, 0.25) is 0 Å². The van der Waals surface area contributed by atoms with E-state index >= 15 is 0 Å². The Hall–Kier alpha value is -1.07. The van der Waals surface area contributed by atoms with Gasteiger partial charge in [-0.15, -0.1) is 0 Å². The van der Waals surface area contributed by atoms with Gasteiger partial charge in [0.1, 0.15) is 9.84 Å². The highest BCUT2D eigenvalue weighted by atomic mass is 35.5. The summed E-state index contributed by atoms with van der Waals surface area (Å²) >= 11 is 5.98. The number of benzene rings is 1. The van der Waals surface area contributed by atoms with Crippen LogP contribution in [-0.4, -0.2) is 31.0 Å². The molecule has 0 amide bonds. The molecule has 6 heteroatoms. The maximum absolute atomic E-state index is 11.4. The Kier molecular flexibility index (Phi) is 5.82. The second-order valence-electron chi connectivity index (χ2n) is 4.36. The summed E-state index contributed by atoms with van der Waals surface area (Å²) in [5.41, 5.74) is 0.727. The van der Waals surface area contributed by atoms with Crippen molar-refractivity contribution in [2.75, 3.05) is 11.5 Å². The van der Waals surface area contributed by atoms with Gasteiger partial charge in [0, 0.05) is 10.8 Å². The lowest BCUT2D eigenvalue weighted by Crippen LogP contribution is -2.21. The van der Waals surface area contributed by atoms with E-state index in [4.69, 9.17) is 16.7 Å². The van der Waals surface area contributed by atoms with Crippen LogP contribution in [0.25, 0.3) is 0 Å². The Balaban J connectivity index is 2.75. The first-order valence-electron chi connectivity index (χ1n) is 6.02. The highest BCUT2D eigenvalue weighted by molar-refractivity contribution is 7.91. The molecule has 0 fully saturated rings. The molecule has 1 atom stereocenters. The molecule has 0 radical (unpaired) electrons. The number of halogens is 1. The fraction of sp³-hybridized carbons (Fsp3) is 0.462. The van der Waals surface area contributed by atoms with E-state index in [1.165, 1.54) is 0 Å². The van der Waals surface area contributed by atoms with Gasteiger partial charge in [-0.05, 0) is 24.5 Å². The third-order valence-electron chi connectivity index (χ3n) is 2.99. The molecule has 1 unspecified atom stereocenters. The number of hydrogen-bond acceptors (Lipinski definition) is 3. The average molecular weight is 305 g/mol. The van der Waals surface area contributed by atoms with Crippen molar-refractivity contribution in [3.8, 4) is 0 Å². The minimum absolute atomic E-state index is 0.0332. The maximum Gasteiger partial charge on any atom is 0.306 e. The zero-order valence-corrected chi connectivity index (χ0v) is 12.2. The van der Waals surface area contributed by atoms with Gasteiger partial charge >= 0.3 is 5.97 Å². The number of carbonyl (C=O) groups is 1. The van der Waals surface area contributed by atoms with E-state index in [9.17, 15) is 13.2 Å². The van der Waals surface area contributed by atoms with Crippen LogP contribution in [0, 0.1) is 5.92 Å². The van der Waals surface area contributed by atoms with Gasteiger partial charge in [-0.3, -0.25) is 4.79 Å². The Labute approximate surface area is 118 Å². The number of carboxylic acid groups (broad SMARTS) is 1. The molecule has 0 aliphatic heterocycles. The van der Waals surface area contributed by atoms with Gasteiger partial charge in [0.25, 0.3) is 0 Å². The largest absolute Gasteiger partial charge is 0.481 e. The summed E-state index contributed by atoms with van der Waals surface area (Å²) in [7, 11) is -3.15. The Bertz CT molecular complexity index is 539. The monoisotopic (exact) mass is 304 g/mol. The standard InChI is InChI=1S/C13H17ClO4S/c1-2-19(17,18)8-7-11(13(15)16)9-10-5-3-4-6-12(10)14/h3-6,11H,2,7-9H2,1H3,(H,15,16). The summed E-state index contributed by atoms with van der Waals surface area (Å²) in [5, 5.41) is 9.66. The number of carboxylic acids is 1. The summed E-state index contributed by atoms with van der Waals surface area (Å²) in [4.78, 5) is 11.2. The van der Waals surface area contributed by atoms with Crippen molar-refractivity contribution in [3.63, 3.8) is 0 Å². The summed E-state index contributed by atoms with van der Waals surface area (Å²) in [6, 6.07) is 7.00. The SMILES string of the molecule is CCS(=O)(=O)CCC(Cc1ccccc1Cl)C(=O)O. The second-order valence-corrected chi connectivity index (χ2v) is 7.24. The molecule has 1 N–H and O–H groups in total. The van der Waals surface area contributed by atoms with E-state index in [2.05, 4.69) is 0 Å². The lowest BCUT2D eigenvalue weighted by molar-refractivity contribution is -0.141. The summed E-state index contributed by atoms with van der Waals surface area (Å²) in [6.07, 6.45) is 0.352. The molecule has 0 saturated carbocycles. The van der Waals surface area contributed by atoms with Crippen LogP contribution < -0.4 is 0 Å². The fourth-order valence-corrected chi connectivity index (χ4v) is 2.85. The van der Waals surface area contributed by atoms with Crippen LogP contribution >= 0.6 is 11.6 Å². The van der Waals surface area contributed by atoms with Crippen LogP contribution in [0.4, 0.5) is 0 Å². The summed E-state index contributed by atoms with van der Waals surface area (Å²) in [6.45, 7) is 1.55. The molecule has 0 heterocycles. The molecule has 0 aliphatic carbocycles. The smallest absolute Gasteiger partial charge is 0.306 e. The molecule has 4 nitrogen and oxygen atoms in total. The molecule has 0 aromatic heterocycles. The van der Waals surface area contributed by atoms with E-state index in [1.54, 1.807) is 31.2 Å². The van der Waals surface area contributed by atoms with Gasteiger partial charge in [0.15, 0.2) is 0 Å². The summed E-state index contributed by atoms with van der Waals surface area (Å²) < 4.78 is 22.9.